The van der Waals surface area contributed by atoms with E-state index in [4.69, 9.17) is 4.74 Å². The van der Waals surface area contributed by atoms with E-state index < -0.39 is 0 Å². The summed E-state index contributed by atoms with van der Waals surface area (Å²) in [7, 11) is 1.75. The molecule has 0 aromatic heterocycles. The fourth-order valence-electron chi connectivity index (χ4n) is 2.23. The number of carbonyl (C=O) groups is 2. The molecule has 1 aromatic carbocycles. The van der Waals surface area contributed by atoms with Gasteiger partial charge in [-0.25, -0.2) is 0 Å². The molecule has 6 heteroatoms. The molecule has 1 rings (SSSR count). The molecule has 0 saturated carbocycles. The summed E-state index contributed by atoms with van der Waals surface area (Å²) >= 11 is 0. The Morgan fingerprint density at radius 3 is 2.16 bits per heavy atom. The smallest absolute Gasteiger partial charge is 0.234 e. The van der Waals surface area contributed by atoms with Gasteiger partial charge in [-0.1, -0.05) is 24.3 Å². The topological polar surface area (TPSA) is 70.7 Å². The Kier molecular flexibility index (Phi) is 8.58. The minimum absolute atomic E-state index is 0.0901. The van der Waals surface area contributed by atoms with E-state index in [9.17, 15) is 9.59 Å². The quantitative estimate of drug-likeness (QED) is 0.712. The lowest BCUT2D eigenvalue weighted by Gasteiger charge is -2.23. The van der Waals surface area contributed by atoms with E-state index in [1.165, 1.54) is 0 Å². The van der Waals surface area contributed by atoms with Gasteiger partial charge in [-0.15, -0.1) is 0 Å². The van der Waals surface area contributed by atoms with Crippen LogP contribution in [0.1, 0.15) is 38.8 Å². The summed E-state index contributed by atoms with van der Waals surface area (Å²) in [6, 6.07) is 7.96. The molecule has 0 spiro atoms. The fraction of sp³-hybridized carbons (Fsp3) is 0.579. The predicted octanol–water partition coefficient (Wildman–Crippen LogP) is 1.69. The van der Waals surface area contributed by atoms with E-state index in [1.807, 2.05) is 52.0 Å². The normalized spacial score (nSPS) is 11.4. The highest BCUT2D eigenvalue weighted by Crippen LogP contribution is 2.05. The van der Waals surface area contributed by atoms with Crippen molar-refractivity contribution in [2.24, 2.45) is 0 Å². The summed E-state index contributed by atoms with van der Waals surface area (Å²) in [5.74, 6) is -0.197. The van der Waals surface area contributed by atoms with E-state index in [2.05, 4.69) is 10.6 Å². The van der Waals surface area contributed by atoms with E-state index in [1.54, 1.807) is 11.9 Å². The van der Waals surface area contributed by atoms with Crippen LogP contribution in [-0.4, -0.2) is 49.0 Å². The van der Waals surface area contributed by atoms with Crippen LogP contribution in [0.5, 0.6) is 0 Å². The van der Waals surface area contributed by atoms with Gasteiger partial charge in [0.25, 0.3) is 0 Å². The first-order valence-corrected chi connectivity index (χ1v) is 8.61. The Bertz CT molecular complexity index is 550. The van der Waals surface area contributed by atoms with E-state index >= 15 is 0 Å². The Balaban J connectivity index is 2.33. The molecule has 0 heterocycles. The monoisotopic (exact) mass is 349 g/mol. The molecule has 25 heavy (non-hydrogen) atoms. The van der Waals surface area contributed by atoms with Crippen molar-refractivity contribution in [1.29, 1.82) is 0 Å². The van der Waals surface area contributed by atoms with Crippen molar-refractivity contribution >= 4 is 11.8 Å². The van der Waals surface area contributed by atoms with Crippen LogP contribution in [0.3, 0.4) is 0 Å². The molecular formula is C19H31N3O3. The minimum Gasteiger partial charge on any atom is -0.377 e. The molecule has 0 aliphatic carbocycles. The molecule has 0 atom stereocenters. The average molecular weight is 349 g/mol. The van der Waals surface area contributed by atoms with Gasteiger partial charge < -0.3 is 15.4 Å². The number of amides is 2. The zero-order valence-electron chi connectivity index (χ0n) is 16.0. The first kappa shape index (κ1) is 21.1. The van der Waals surface area contributed by atoms with E-state index in [-0.39, 0.29) is 30.4 Å². The number of rotatable bonds is 9. The largest absolute Gasteiger partial charge is 0.377 e. The SMILES string of the molecule is CCOCc1ccc(CNC(=O)CN(C)CC(=O)NC(C)(C)C)cc1. The number of nitrogens with zero attached hydrogens (tertiary/aromatic N) is 1. The van der Waals surface area contributed by atoms with Crippen LogP contribution in [0.15, 0.2) is 24.3 Å². The second kappa shape index (κ2) is 10.2. The molecule has 0 unspecified atom stereocenters. The Labute approximate surface area is 150 Å². The van der Waals surface area contributed by atoms with Crippen LogP contribution >= 0.6 is 0 Å². The van der Waals surface area contributed by atoms with Gasteiger partial charge in [-0.3, -0.25) is 14.5 Å². The summed E-state index contributed by atoms with van der Waals surface area (Å²) in [5, 5.41) is 5.75. The third-order valence-corrected chi connectivity index (χ3v) is 3.33. The van der Waals surface area contributed by atoms with Gasteiger partial charge in [0.05, 0.1) is 19.7 Å². The first-order chi connectivity index (χ1) is 11.7. The molecule has 140 valence electrons. The third-order valence-electron chi connectivity index (χ3n) is 3.33. The summed E-state index contributed by atoms with van der Waals surface area (Å²) in [6.07, 6.45) is 0. The van der Waals surface area contributed by atoms with Gasteiger partial charge in [-0.2, -0.15) is 0 Å². The Hall–Kier alpha value is -1.92. The van der Waals surface area contributed by atoms with Crippen molar-refractivity contribution in [3.63, 3.8) is 0 Å². The Morgan fingerprint density at radius 1 is 1.04 bits per heavy atom. The Morgan fingerprint density at radius 2 is 1.60 bits per heavy atom. The minimum atomic E-state index is -0.269. The number of hydrogen-bond acceptors (Lipinski definition) is 4. The maximum absolute atomic E-state index is 12.0. The highest BCUT2D eigenvalue weighted by Gasteiger charge is 2.16. The number of ether oxygens (including phenoxy) is 1. The molecule has 2 N–H and O–H groups in total. The van der Waals surface area contributed by atoms with Crippen LogP contribution in [0.25, 0.3) is 0 Å². The lowest BCUT2D eigenvalue weighted by atomic mass is 10.1. The van der Waals surface area contributed by atoms with Gasteiger partial charge in [0.15, 0.2) is 0 Å². The molecule has 0 bridgehead atoms. The molecule has 6 nitrogen and oxygen atoms in total. The molecule has 0 radical (unpaired) electrons. The van der Waals surface area contributed by atoms with Crippen LogP contribution in [-0.2, 0) is 27.5 Å². The van der Waals surface area contributed by atoms with Gasteiger partial charge >= 0.3 is 0 Å². The lowest BCUT2D eigenvalue weighted by Crippen LogP contribution is -2.46. The maximum atomic E-state index is 12.0. The summed E-state index contributed by atoms with van der Waals surface area (Å²) in [6.45, 7) is 9.88. The van der Waals surface area contributed by atoms with Crippen molar-refractivity contribution in [3.8, 4) is 0 Å². The lowest BCUT2D eigenvalue weighted by molar-refractivity contribution is -0.125. The van der Waals surface area contributed by atoms with Crippen molar-refractivity contribution in [3.05, 3.63) is 35.4 Å². The molecule has 0 aliphatic rings. The number of hydrogen-bond donors (Lipinski definition) is 2. The van der Waals surface area contributed by atoms with Gasteiger partial charge in [0.1, 0.15) is 0 Å². The van der Waals surface area contributed by atoms with Gasteiger partial charge in [0.2, 0.25) is 11.8 Å². The average Bonchev–Trinajstić information content (AvgIpc) is 2.49. The number of benzene rings is 1. The molecule has 0 saturated heterocycles. The van der Waals surface area contributed by atoms with Gasteiger partial charge in [0, 0.05) is 18.7 Å². The van der Waals surface area contributed by atoms with Crippen molar-refractivity contribution in [2.75, 3.05) is 26.7 Å². The second-order valence-electron chi connectivity index (χ2n) is 7.20. The third kappa shape index (κ3) is 9.84. The maximum Gasteiger partial charge on any atom is 0.234 e. The standard InChI is InChI=1S/C19H31N3O3/c1-6-25-14-16-9-7-15(8-10-16)11-20-17(23)12-22(5)13-18(24)21-19(2,3)4/h7-10H,6,11-14H2,1-5H3,(H,20,23)(H,21,24). The number of likely N-dealkylation sites (N-methyl/N-ethyl adjacent to an activating group) is 1. The predicted molar refractivity (Wildman–Crippen MR) is 99.0 cm³/mol. The van der Waals surface area contributed by atoms with E-state index in [0.29, 0.717) is 19.8 Å². The summed E-state index contributed by atoms with van der Waals surface area (Å²) in [4.78, 5) is 25.5. The molecule has 2 amide bonds. The highest BCUT2D eigenvalue weighted by molar-refractivity contribution is 5.81. The molecule has 1 aromatic rings. The van der Waals surface area contributed by atoms with Crippen LogP contribution in [0.2, 0.25) is 0 Å². The summed E-state index contributed by atoms with van der Waals surface area (Å²) < 4.78 is 5.36. The van der Waals surface area contributed by atoms with E-state index in [0.717, 1.165) is 11.1 Å². The first-order valence-electron chi connectivity index (χ1n) is 8.61. The summed E-state index contributed by atoms with van der Waals surface area (Å²) in [5.41, 5.74) is 1.87. The van der Waals surface area contributed by atoms with Crippen molar-refractivity contribution < 1.29 is 14.3 Å². The van der Waals surface area contributed by atoms with Crippen molar-refractivity contribution in [1.82, 2.24) is 15.5 Å². The molecular weight excluding hydrogens is 318 g/mol. The number of nitrogens with one attached hydrogen (secondary N) is 2. The highest BCUT2D eigenvalue weighted by atomic mass is 16.5. The zero-order valence-corrected chi connectivity index (χ0v) is 16.0. The van der Waals surface area contributed by atoms with Crippen LogP contribution in [0.4, 0.5) is 0 Å². The molecule has 0 aliphatic heterocycles. The van der Waals surface area contributed by atoms with Crippen LogP contribution in [0, 0.1) is 0 Å². The second-order valence-corrected chi connectivity index (χ2v) is 7.20. The fourth-order valence-corrected chi connectivity index (χ4v) is 2.23. The van der Waals surface area contributed by atoms with Crippen molar-refractivity contribution in [2.45, 2.75) is 46.4 Å². The molecule has 0 fully saturated rings. The van der Waals surface area contributed by atoms with Crippen LogP contribution < -0.4 is 10.6 Å². The number of carbonyl (C=O) groups excluding carboxylic acids is 2. The van der Waals surface area contributed by atoms with Gasteiger partial charge in [-0.05, 0) is 45.9 Å². The zero-order chi connectivity index (χ0) is 18.9.